The fraction of sp³-hybridized carbons (Fsp3) is 0.633. The highest BCUT2D eigenvalue weighted by Crippen LogP contribution is 2.55. The van der Waals surface area contributed by atoms with E-state index in [1.807, 2.05) is 12.2 Å². The lowest BCUT2D eigenvalue weighted by Crippen LogP contribution is -2.58. The number of amides is 3. The number of carbonyl (C=O) groups is 3. The van der Waals surface area contributed by atoms with E-state index in [0.29, 0.717) is 48.8 Å². The van der Waals surface area contributed by atoms with Gasteiger partial charge in [0.05, 0.1) is 31.2 Å². The fourth-order valence-electron chi connectivity index (χ4n) is 7.42. The van der Waals surface area contributed by atoms with Crippen molar-refractivity contribution in [2.24, 2.45) is 23.7 Å². The van der Waals surface area contributed by atoms with Crippen molar-refractivity contribution in [1.82, 2.24) is 15.1 Å². The van der Waals surface area contributed by atoms with Crippen LogP contribution in [0.4, 0.5) is 5.69 Å². The first-order chi connectivity index (χ1) is 19.3. The molecule has 10 heteroatoms. The van der Waals surface area contributed by atoms with Crippen molar-refractivity contribution in [3.63, 3.8) is 0 Å². The zero-order valence-electron chi connectivity index (χ0n) is 23.2. The summed E-state index contributed by atoms with van der Waals surface area (Å²) in [4.78, 5) is 45.9. The number of halogens is 1. The van der Waals surface area contributed by atoms with Crippen LogP contribution < -0.4 is 10.6 Å². The summed E-state index contributed by atoms with van der Waals surface area (Å²) in [6, 6.07) is 6.15. The number of carbonyl (C=O) groups excluding carboxylic acids is 3. The lowest BCUT2D eigenvalue weighted by atomic mass is 9.73. The van der Waals surface area contributed by atoms with E-state index in [1.165, 1.54) is 0 Å². The summed E-state index contributed by atoms with van der Waals surface area (Å²) in [6.45, 7) is 8.32. The lowest BCUT2D eigenvalue weighted by Gasteiger charge is -2.38. The molecule has 1 aliphatic carbocycles. The second-order valence-corrected chi connectivity index (χ2v) is 12.5. The van der Waals surface area contributed by atoms with Crippen LogP contribution in [-0.2, 0) is 23.9 Å². The molecule has 2 N–H and O–H groups in total. The van der Waals surface area contributed by atoms with Crippen molar-refractivity contribution in [1.29, 1.82) is 0 Å². The molecular weight excluding hydrogens is 532 g/mol. The average molecular weight is 571 g/mol. The molecular formula is C30H39ClN4O5. The first-order valence-electron chi connectivity index (χ1n) is 14.6. The van der Waals surface area contributed by atoms with Gasteiger partial charge in [0, 0.05) is 42.9 Å². The third-order valence-corrected chi connectivity index (χ3v) is 10.0. The van der Waals surface area contributed by atoms with E-state index >= 15 is 0 Å². The van der Waals surface area contributed by atoms with E-state index in [9.17, 15) is 14.4 Å². The van der Waals surface area contributed by atoms with Gasteiger partial charge in [-0.05, 0) is 36.5 Å². The summed E-state index contributed by atoms with van der Waals surface area (Å²) in [5.74, 6) is -1.34. The van der Waals surface area contributed by atoms with Crippen LogP contribution in [-0.4, -0.2) is 90.7 Å². The van der Waals surface area contributed by atoms with Crippen LogP contribution >= 0.6 is 11.6 Å². The molecule has 0 aromatic heterocycles. The minimum absolute atomic E-state index is 0.0485. The second-order valence-electron chi connectivity index (χ2n) is 12.1. The van der Waals surface area contributed by atoms with E-state index in [-0.39, 0.29) is 23.8 Å². The van der Waals surface area contributed by atoms with Crippen LogP contribution in [0.25, 0.3) is 0 Å². The topological polar surface area (TPSA) is 100 Å². The molecule has 3 amide bonds. The number of ether oxygens (including phenoxy) is 2. The number of fused-ring (bicyclic) bond motifs is 1. The molecule has 216 valence electrons. The minimum atomic E-state index is -1.17. The number of nitrogens with one attached hydrogen (secondary N) is 2. The van der Waals surface area contributed by atoms with E-state index in [2.05, 4.69) is 29.4 Å². The first kappa shape index (κ1) is 27.7. The Hall–Kier alpha value is -2.46. The van der Waals surface area contributed by atoms with Crippen molar-refractivity contribution in [2.45, 2.75) is 56.9 Å². The van der Waals surface area contributed by atoms with Gasteiger partial charge in [0.25, 0.3) is 0 Å². The van der Waals surface area contributed by atoms with Gasteiger partial charge >= 0.3 is 0 Å². The molecule has 4 heterocycles. The Labute approximate surface area is 240 Å². The molecule has 1 spiro atoms. The Morgan fingerprint density at radius 1 is 1.12 bits per heavy atom. The Kier molecular flexibility index (Phi) is 7.67. The predicted octanol–water partition coefficient (Wildman–Crippen LogP) is 2.70. The largest absolute Gasteiger partial charge is 0.379 e. The summed E-state index contributed by atoms with van der Waals surface area (Å²) in [7, 11) is 0. The Morgan fingerprint density at radius 3 is 2.70 bits per heavy atom. The molecule has 9 nitrogen and oxygen atoms in total. The van der Waals surface area contributed by atoms with Crippen molar-refractivity contribution >= 4 is 35.0 Å². The Bertz CT molecular complexity index is 1190. The molecule has 4 aliphatic heterocycles. The zero-order valence-corrected chi connectivity index (χ0v) is 23.9. The number of nitrogens with zero attached hydrogens (tertiary/aromatic N) is 2. The zero-order chi connectivity index (χ0) is 28.0. The maximum atomic E-state index is 14.2. The van der Waals surface area contributed by atoms with Crippen molar-refractivity contribution in [2.75, 3.05) is 44.7 Å². The van der Waals surface area contributed by atoms with E-state index in [4.69, 9.17) is 21.1 Å². The van der Waals surface area contributed by atoms with E-state index < -0.39 is 29.6 Å². The lowest BCUT2D eigenvalue weighted by molar-refractivity contribution is -0.142. The molecule has 8 unspecified atom stereocenters. The summed E-state index contributed by atoms with van der Waals surface area (Å²) in [6.07, 6.45) is 6.30. The van der Waals surface area contributed by atoms with Gasteiger partial charge in [0.1, 0.15) is 11.6 Å². The van der Waals surface area contributed by atoms with Gasteiger partial charge in [0.2, 0.25) is 17.7 Å². The number of benzene rings is 1. The van der Waals surface area contributed by atoms with Gasteiger partial charge in [0.15, 0.2) is 0 Å². The quantitative estimate of drug-likeness (QED) is 0.489. The van der Waals surface area contributed by atoms with Gasteiger partial charge in [-0.3, -0.25) is 19.3 Å². The maximum Gasteiger partial charge on any atom is 0.246 e. The summed E-state index contributed by atoms with van der Waals surface area (Å²) >= 11 is 6.13. The third kappa shape index (κ3) is 4.85. The number of anilines is 1. The molecule has 1 aromatic rings. The van der Waals surface area contributed by atoms with Crippen molar-refractivity contribution in [3.05, 3.63) is 41.4 Å². The van der Waals surface area contributed by atoms with Gasteiger partial charge in [-0.15, -0.1) is 0 Å². The van der Waals surface area contributed by atoms with E-state index in [1.54, 1.807) is 29.2 Å². The smallest absolute Gasteiger partial charge is 0.246 e. The number of rotatable bonds is 7. The second kappa shape index (κ2) is 11.1. The van der Waals surface area contributed by atoms with Crippen LogP contribution in [0.15, 0.2) is 36.4 Å². The highest BCUT2D eigenvalue weighted by atomic mass is 35.5. The molecule has 8 atom stereocenters. The molecule has 4 fully saturated rings. The van der Waals surface area contributed by atoms with Crippen LogP contribution in [0.5, 0.6) is 0 Å². The summed E-state index contributed by atoms with van der Waals surface area (Å²) in [5.41, 5.74) is -0.612. The van der Waals surface area contributed by atoms with Gasteiger partial charge in [-0.25, -0.2) is 0 Å². The van der Waals surface area contributed by atoms with Crippen LogP contribution in [0.2, 0.25) is 5.02 Å². The fourth-order valence-corrected chi connectivity index (χ4v) is 7.61. The van der Waals surface area contributed by atoms with Gasteiger partial charge in [-0.1, -0.05) is 56.5 Å². The first-order valence-corrected chi connectivity index (χ1v) is 15.0. The number of hydrogen-bond acceptors (Lipinski definition) is 6. The van der Waals surface area contributed by atoms with Gasteiger partial charge in [-0.2, -0.15) is 0 Å². The molecule has 2 bridgehead atoms. The third-order valence-electron chi connectivity index (χ3n) is 9.81. The predicted molar refractivity (Wildman–Crippen MR) is 151 cm³/mol. The standard InChI is InChI=1S/C30H39ClN4O5/c1-18-5-3-8-22(19(18)2)33-28(37)26-30-10-9-23(40-30)24(27(36)32-21-7-4-6-20(31)17-21)25(30)29(38)35(26)12-11-34-13-15-39-16-14-34/h4,6-7,9-10,17-19,22-26H,3,5,8,11-16H2,1-2H3,(H,32,36)(H,33,37). The van der Waals surface area contributed by atoms with Crippen molar-refractivity contribution in [3.8, 4) is 0 Å². The SMILES string of the molecule is CC1CCCC(NC(=O)C2N(CCN3CCOCC3)C(=O)C3C(C(=O)Nc4cccc(Cl)c4)C4C=CC32O4)C1C. The molecule has 40 heavy (non-hydrogen) atoms. The van der Waals surface area contributed by atoms with Crippen LogP contribution in [0, 0.1) is 23.7 Å². The average Bonchev–Trinajstić information content (AvgIpc) is 3.58. The van der Waals surface area contributed by atoms with Crippen LogP contribution in [0.3, 0.4) is 0 Å². The van der Waals surface area contributed by atoms with Crippen LogP contribution in [0.1, 0.15) is 33.1 Å². The monoisotopic (exact) mass is 570 g/mol. The minimum Gasteiger partial charge on any atom is -0.379 e. The molecule has 5 aliphatic rings. The summed E-state index contributed by atoms with van der Waals surface area (Å²) < 4.78 is 12.0. The highest BCUT2D eigenvalue weighted by Gasteiger charge is 2.72. The van der Waals surface area contributed by atoms with Crippen molar-refractivity contribution < 1.29 is 23.9 Å². The summed E-state index contributed by atoms with van der Waals surface area (Å²) in [5, 5.41) is 6.75. The molecule has 1 saturated carbocycles. The van der Waals surface area contributed by atoms with Gasteiger partial charge < -0.3 is 25.0 Å². The maximum absolute atomic E-state index is 14.2. The highest BCUT2D eigenvalue weighted by molar-refractivity contribution is 6.30. The number of morpholine rings is 1. The number of likely N-dealkylation sites (tertiary alicyclic amines) is 1. The molecule has 6 rings (SSSR count). The molecule has 1 aromatic carbocycles. The number of hydrogen-bond donors (Lipinski definition) is 2. The normalized spacial score (nSPS) is 37.0. The molecule has 0 radical (unpaired) electrons. The Balaban J connectivity index is 1.27. The van der Waals surface area contributed by atoms with E-state index in [0.717, 1.165) is 32.4 Å². The Morgan fingerprint density at radius 2 is 1.93 bits per heavy atom. The molecule has 3 saturated heterocycles.